The van der Waals surface area contributed by atoms with Crippen LogP contribution in [0.2, 0.25) is 0 Å². The minimum Gasteiger partial charge on any atom is -0.355 e. The number of halogens is 1. The Morgan fingerprint density at radius 1 is 1.12 bits per heavy atom. The number of aromatic nitrogens is 1. The summed E-state index contributed by atoms with van der Waals surface area (Å²) in [5.74, 6) is -0.292. The molecular formula is C12H12FN3. The Hall–Kier alpha value is -1.94. The molecule has 16 heavy (non-hydrogen) atoms. The van der Waals surface area contributed by atoms with E-state index in [4.69, 9.17) is 5.73 Å². The van der Waals surface area contributed by atoms with E-state index in [0.717, 1.165) is 11.3 Å². The van der Waals surface area contributed by atoms with Gasteiger partial charge in [-0.05, 0) is 35.9 Å². The van der Waals surface area contributed by atoms with Gasteiger partial charge in [0.05, 0.1) is 0 Å². The molecule has 3 N–H and O–H groups in total. The van der Waals surface area contributed by atoms with Gasteiger partial charge >= 0.3 is 0 Å². The Kier molecular flexibility index (Phi) is 3.12. The zero-order valence-corrected chi connectivity index (χ0v) is 8.65. The van der Waals surface area contributed by atoms with E-state index in [9.17, 15) is 4.39 Å². The zero-order valence-electron chi connectivity index (χ0n) is 8.65. The van der Waals surface area contributed by atoms with Gasteiger partial charge in [0.25, 0.3) is 0 Å². The van der Waals surface area contributed by atoms with Crippen molar-refractivity contribution in [3.8, 4) is 0 Å². The number of pyridine rings is 1. The third-order valence-electron chi connectivity index (χ3n) is 2.16. The second-order valence-electron chi connectivity index (χ2n) is 3.41. The van der Waals surface area contributed by atoms with Crippen molar-refractivity contribution in [1.82, 2.24) is 4.98 Å². The van der Waals surface area contributed by atoms with Crippen molar-refractivity contribution in [2.75, 3.05) is 5.32 Å². The van der Waals surface area contributed by atoms with Crippen molar-refractivity contribution in [3.05, 3.63) is 54.1 Å². The highest BCUT2D eigenvalue weighted by Crippen LogP contribution is 2.18. The highest BCUT2D eigenvalue weighted by molar-refractivity contribution is 5.59. The molecule has 0 aliphatic heterocycles. The summed E-state index contributed by atoms with van der Waals surface area (Å²) in [6.07, 6.45) is 3.34. The largest absolute Gasteiger partial charge is 0.355 e. The standard InChI is InChI=1S/C12H12FN3/c13-10-5-9(8-14)6-12(7-10)16-11-1-3-15-4-2-11/h1-7H,8,14H2,(H,15,16). The van der Waals surface area contributed by atoms with Crippen LogP contribution in [0.4, 0.5) is 15.8 Å². The zero-order chi connectivity index (χ0) is 11.4. The highest BCUT2D eigenvalue weighted by Gasteiger charge is 2.00. The minimum absolute atomic E-state index is 0.292. The first kappa shape index (κ1) is 10.6. The molecule has 0 saturated heterocycles. The van der Waals surface area contributed by atoms with Gasteiger partial charge in [0.2, 0.25) is 0 Å². The molecule has 0 spiro atoms. The number of nitrogens with one attached hydrogen (secondary N) is 1. The van der Waals surface area contributed by atoms with E-state index in [-0.39, 0.29) is 5.82 Å². The van der Waals surface area contributed by atoms with E-state index in [1.165, 1.54) is 12.1 Å². The van der Waals surface area contributed by atoms with Crippen LogP contribution in [-0.4, -0.2) is 4.98 Å². The third kappa shape index (κ3) is 2.55. The van der Waals surface area contributed by atoms with Crippen LogP contribution in [0.15, 0.2) is 42.7 Å². The lowest BCUT2D eigenvalue weighted by atomic mass is 10.2. The molecule has 2 rings (SSSR count). The quantitative estimate of drug-likeness (QED) is 0.830. The van der Waals surface area contributed by atoms with Crippen molar-refractivity contribution in [2.24, 2.45) is 5.73 Å². The lowest BCUT2D eigenvalue weighted by molar-refractivity contribution is 0.626. The van der Waals surface area contributed by atoms with Crippen LogP contribution >= 0.6 is 0 Å². The van der Waals surface area contributed by atoms with E-state index in [1.807, 2.05) is 18.2 Å². The summed E-state index contributed by atoms with van der Waals surface area (Å²) in [6, 6.07) is 8.31. The summed E-state index contributed by atoms with van der Waals surface area (Å²) >= 11 is 0. The summed E-state index contributed by atoms with van der Waals surface area (Å²) in [7, 11) is 0. The van der Waals surface area contributed by atoms with Crippen LogP contribution in [0.3, 0.4) is 0 Å². The topological polar surface area (TPSA) is 50.9 Å². The van der Waals surface area contributed by atoms with Gasteiger partial charge < -0.3 is 11.1 Å². The molecule has 3 nitrogen and oxygen atoms in total. The molecule has 0 atom stereocenters. The Balaban J connectivity index is 2.24. The fourth-order valence-electron chi connectivity index (χ4n) is 1.44. The molecule has 0 aliphatic rings. The third-order valence-corrected chi connectivity index (χ3v) is 2.16. The van der Waals surface area contributed by atoms with Crippen molar-refractivity contribution >= 4 is 11.4 Å². The van der Waals surface area contributed by atoms with Gasteiger partial charge in [0.1, 0.15) is 5.82 Å². The molecule has 0 bridgehead atoms. The number of hydrogen-bond acceptors (Lipinski definition) is 3. The molecule has 0 fully saturated rings. The van der Waals surface area contributed by atoms with Crippen LogP contribution in [0, 0.1) is 5.82 Å². The molecule has 1 heterocycles. The van der Waals surface area contributed by atoms with Crippen LogP contribution in [0.1, 0.15) is 5.56 Å². The number of nitrogens with zero attached hydrogens (tertiary/aromatic N) is 1. The fourth-order valence-corrected chi connectivity index (χ4v) is 1.44. The van der Waals surface area contributed by atoms with Gasteiger partial charge in [-0.25, -0.2) is 4.39 Å². The van der Waals surface area contributed by atoms with E-state index < -0.39 is 0 Å². The van der Waals surface area contributed by atoms with Crippen molar-refractivity contribution in [1.29, 1.82) is 0 Å². The van der Waals surface area contributed by atoms with Crippen LogP contribution in [-0.2, 0) is 6.54 Å². The van der Waals surface area contributed by atoms with Gasteiger partial charge in [0, 0.05) is 30.3 Å². The SMILES string of the molecule is NCc1cc(F)cc(Nc2ccncc2)c1. The van der Waals surface area contributed by atoms with Gasteiger partial charge in [-0.2, -0.15) is 0 Å². The summed E-state index contributed by atoms with van der Waals surface area (Å²) in [4.78, 5) is 3.90. The lowest BCUT2D eigenvalue weighted by Crippen LogP contribution is -1.99. The Morgan fingerprint density at radius 2 is 1.88 bits per heavy atom. The van der Waals surface area contributed by atoms with Gasteiger partial charge in [-0.1, -0.05) is 0 Å². The van der Waals surface area contributed by atoms with E-state index in [2.05, 4.69) is 10.3 Å². The molecule has 0 saturated carbocycles. The van der Waals surface area contributed by atoms with Gasteiger partial charge in [-0.15, -0.1) is 0 Å². The van der Waals surface area contributed by atoms with E-state index in [0.29, 0.717) is 12.2 Å². The summed E-state index contributed by atoms with van der Waals surface area (Å²) in [6.45, 7) is 0.322. The van der Waals surface area contributed by atoms with Crippen molar-refractivity contribution in [3.63, 3.8) is 0 Å². The molecule has 0 aliphatic carbocycles. The van der Waals surface area contributed by atoms with Crippen molar-refractivity contribution < 1.29 is 4.39 Å². The van der Waals surface area contributed by atoms with Gasteiger partial charge in [0.15, 0.2) is 0 Å². The van der Waals surface area contributed by atoms with E-state index >= 15 is 0 Å². The fraction of sp³-hybridized carbons (Fsp3) is 0.0833. The Labute approximate surface area is 93.1 Å². The summed E-state index contributed by atoms with van der Waals surface area (Å²) < 4.78 is 13.2. The average molecular weight is 217 g/mol. The molecule has 2 aromatic rings. The van der Waals surface area contributed by atoms with Crippen molar-refractivity contribution in [2.45, 2.75) is 6.54 Å². The number of nitrogens with two attached hydrogens (primary N) is 1. The first-order valence-electron chi connectivity index (χ1n) is 4.94. The molecule has 1 aromatic carbocycles. The predicted molar refractivity (Wildman–Crippen MR) is 61.8 cm³/mol. The maximum Gasteiger partial charge on any atom is 0.125 e. The molecule has 0 amide bonds. The maximum atomic E-state index is 13.2. The van der Waals surface area contributed by atoms with Crippen LogP contribution < -0.4 is 11.1 Å². The summed E-state index contributed by atoms with van der Waals surface area (Å²) in [5, 5.41) is 3.08. The Bertz CT molecular complexity index is 471. The smallest absolute Gasteiger partial charge is 0.125 e. The number of rotatable bonds is 3. The molecule has 4 heteroatoms. The summed E-state index contributed by atoms with van der Waals surface area (Å²) in [5.41, 5.74) is 7.79. The number of hydrogen-bond donors (Lipinski definition) is 2. The maximum absolute atomic E-state index is 13.2. The first-order chi connectivity index (χ1) is 7.78. The monoisotopic (exact) mass is 217 g/mol. The lowest BCUT2D eigenvalue weighted by Gasteiger charge is -2.07. The van der Waals surface area contributed by atoms with E-state index in [1.54, 1.807) is 12.4 Å². The second kappa shape index (κ2) is 4.72. The Morgan fingerprint density at radius 3 is 2.56 bits per heavy atom. The molecule has 82 valence electrons. The highest BCUT2D eigenvalue weighted by atomic mass is 19.1. The first-order valence-corrected chi connectivity index (χ1v) is 4.94. The molecular weight excluding hydrogens is 205 g/mol. The number of anilines is 2. The van der Waals surface area contributed by atoms with Crippen LogP contribution in [0.25, 0.3) is 0 Å². The minimum atomic E-state index is -0.292. The predicted octanol–water partition coefficient (Wildman–Crippen LogP) is 2.42. The van der Waals surface area contributed by atoms with Gasteiger partial charge in [-0.3, -0.25) is 4.98 Å². The van der Waals surface area contributed by atoms with Crippen LogP contribution in [0.5, 0.6) is 0 Å². The second-order valence-corrected chi connectivity index (χ2v) is 3.41. The normalized spacial score (nSPS) is 10.1. The number of benzene rings is 1. The molecule has 0 unspecified atom stereocenters. The molecule has 1 aromatic heterocycles. The average Bonchev–Trinajstić information content (AvgIpc) is 2.29. The molecule has 0 radical (unpaired) electrons.